The van der Waals surface area contributed by atoms with Gasteiger partial charge in [0.25, 0.3) is 0 Å². The second-order valence-corrected chi connectivity index (χ2v) is 5.29. The molecule has 1 aromatic rings. The first-order valence-electron chi connectivity index (χ1n) is 5.35. The van der Waals surface area contributed by atoms with E-state index in [1.54, 1.807) is 20.3 Å². The molecular formula is C11H18N2O4S. The summed E-state index contributed by atoms with van der Waals surface area (Å²) in [5, 5.41) is 8.15. The number of rotatable bonds is 7. The van der Waals surface area contributed by atoms with Crippen LogP contribution in [0.4, 0.5) is 0 Å². The van der Waals surface area contributed by atoms with Crippen molar-refractivity contribution in [1.29, 1.82) is 0 Å². The Morgan fingerprint density at radius 3 is 2.56 bits per heavy atom. The average Bonchev–Trinajstić information content (AvgIpc) is 2.34. The number of ether oxygens (including phenoxy) is 2. The SMILES string of the molecule is COC(CNCc1cccc(S(N)(=O)=O)c1)OC. The lowest BCUT2D eigenvalue weighted by molar-refractivity contribution is -0.0989. The summed E-state index contributed by atoms with van der Waals surface area (Å²) >= 11 is 0. The van der Waals surface area contributed by atoms with Crippen molar-refractivity contribution in [2.24, 2.45) is 5.14 Å². The summed E-state index contributed by atoms with van der Waals surface area (Å²) in [6, 6.07) is 6.47. The molecule has 0 heterocycles. The first-order valence-corrected chi connectivity index (χ1v) is 6.90. The van der Waals surface area contributed by atoms with E-state index in [-0.39, 0.29) is 11.2 Å². The van der Waals surface area contributed by atoms with Crippen LogP contribution in [0.25, 0.3) is 0 Å². The van der Waals surface area contributed by atoms with Gasteiger partial charge >= 0.3 is 0 Å². The summed E-state index contributed by atoms with van der Waals surface area (Å²) in [4.78, 5) is 0.108. The van der Waals surface area contributed by atoms with Gasteiger partial charge < -0.3 is 14.8 Å². The zero-order valence-corrected chi connectivity index (χ0v) is 11.2. The van der Waals surface area contributed by atoms with Crippen molar-refractivity contribution in [3.63, 3.8) is 0 Å². The van der Waals surface area contributed by atoms with Crippen LogP contribution in [-0.2, 0) is 26.0 Å². The van der Waals surface area contributed by atoms with Gasteiger partial charge in [0.05, 0.1) is 4.90 Å². The van der Waals surface area contributed by atoms with E-state index < -0.39 is 10.0 Å². The molecule has 0 aromatic heterocycles. The predicted octanol–water partition coefficient (Wildman–Crippen LogP) is 0.0425. The lowest BCUT2D eigenvalue weighted by Gasteiger charge is -2.14. The molecule has 102 valence electrons. The van der Waals surface area contributed by atoms with Crippen molar-refractivity contribution < 1.29 is 17.9 Å². The van der Waals surface area contributed by atoms with Gasteiger partial charge in [0.1, 0.15) is 0 Å². The molecule has 0 aliphatic heterocycles. The smallest absolute Gasteiger partial charge is 0.238 e. The molecule has 0 saturated heterocycles. The Bertz CT molecular complexity index is 472. The van der Waals surface area contributed by atoms with Gasteiger partial charge in [-0.25, -0.2) is 13.6 Å². The normalized spacial score (nSPS) is 12.0. The molecule has 0 radical (unpaired) electrons. The topological polar surface area (TPSA) is 90.6 Å². The Labute approximate surface area is 107 Å². The molecule has 18 heavy (non-hydrogen) atoms. The summed E-state index contributed by atoms with van der Waals surface area (Å²) in [6.07, 6.45) is -0.327. The molecule has 0 bridgehead atoms. The van der Waals surface area contributed by atoms with Crippen molar-refractivity contribution in [3.8, 4) is 0 Å². The molecule has 0 unspecified atom stereocenters. The van der Waals surface area contributed by atoms with Gasteiger partial charge in [-0.3, -0.25) is 0 Å². The standard InChI is InChI=1S/C11H18N2O4S/c1-16-11(17-2)8-13-7-9-4-3-5-10(6-9)18(12,14)15/h3-6,11,13H,7-8H2,1-2H3,(H2,12,14,15). The zero-order valence-electron chi connectivity index (χ0n) is 10.4. The van der Waals surface area contributed by atoms with Crippen molar-refractivity contribution >= 4 is 10.0 Å². The van der Waals surface area contributed by atoms with Gasteiger partial charge in [-0.1, -0.05) is 12.1 Å². The molecule has 7 heteroatoms. The third kappa shape index (κ3) is 4.71. The molecular weight excluding hydrogens is 256 g/mol. The molecule has 0 spiro atoms. The van der Waals surface area contributed by atoms with E-state index in [0.717, 1.165) is 5.56 Å². The highest BCUT2D eigenvalue weighted by atomic mass is 32.2. The largest absolute Gasteiger partial charge is 0.355 e. The van der Waals surface area contributed by atoms with E-state index in [2.05, 4.69) is 5.32 Å². The second kappa shape index (κ2) is 6.81. The van der Waals surface area contributed by atoms with Gasteiger partial charge in [0.15, 0.2) is 6.29 Å². The fourth-order valence-corrected chi connectivity index (χ4v) is 2.01. The average molecular weight is 274 g/mol. The number of nitrogens with one attached hydrogen (secondary N) is 1. The summed E-state index contributed by atoms with van der Waals surface area (Å²) < 4.78 is 32.4. The van der Waals surface area contributed by atoms with Crippen LogP contribution >= 0.6 is 0 Å². The molecule has 0 aliphatic rings. The highest BCUT2D eigenvalue weighted by Gasteiger charge is 2.08. The quantitative estimate of drug-likeness (QED) is 0.685. The maximum Gasteiger partial charge on any atom is 0.238 e. The molecule has 0 fully saturated rings. The minimum atomic E-state index is -3.65. The highest BCUT2D eigenvalue weighted by molar-refractivity contribution is 7.89. The monoisotopic (exact) mass is 274 g/mol. The van der Waals surface area contributed by atoms with Gasteiger partial charge in [-0.05, 0) is 17.7 Å². The summed E-state index contributed by atoms with van der Waals surface area (Å²) in [5.41, 5.74) is 0.826. The minimum Gasteiger partial charge on any atom is -0.355 e. The van der Waals surface area contributed by atoms with E-state index in [0.29, 0.717) is 13.1 Å². The van der Waals surface area contributed by atoms with Crippen molar-refractivity contribution in [2.75, 3.05) is 20.8 Å². The van der Waals surface area contributed by atoms with Crippen LogP contribution in [-0.4, -0.2) is 35.5 Å². The van der Waals surface area contributed by atoms with Crippen LogP contribution in [0, 0.1) is 0 Å². The molecule has 0 amide bonds. The minimum absolute atomic E-state index is 0.108. The second-order valence-electron chi connectivity index (χ2n) is 3.72. The maximum absolute atomic E-state index is 11.2. The Morgan fingerprint density at radius 1 is 1.33 bits per heavy atom. The number of hydrogen-bond donors (Lipinski definition) is 2. The van der Waals surface area contributed by atoms with Gasteiger partial charge in [0, 0.05) is 27.3 Å². The molecule has 6 nitrogen and oxygen atoms in total. The summed E-state index contributed by atoms with van der Waals surface area (Å²) in [6.45, 7) is 1.01. The van der Waals surface area contributed by atoms with E-state index in [4.69, 9.17) is 14.6 Å². The van der Waals surface area contributed by atoms with E-state index >= 15 is 0 Å². The van der Waals surface area contributed by atoms with Crippen molar-refractivity contribution in [2.45, 2.75) is 17.7 Å². The van der Waals surface area contributed by atoms with Crippen LogP contribution in [0.2, 0.25) is 0 Å². The van der Waals surface area contributed by atoms with Crippen LogP contribution in [0.5, 0.6) is 0 Å². The van der Waals surface area contributed by atoms with E-state index in [1.807, 2.05) is 6.07 Å². The molecule has 0 atom stereocenters. The number of nitrogens with two attached hydrogens (primary N) is 1. The number of primary sulfonamides is 1. The Hall–Kier alpha value is -0.990. The van der Waals surface area contributed by atoms with Crippen molar-refractivity contribution in [1.82, 2.24) is 5.32 Å². The first-order chi connectivity index (χ1) is 8.47. The number of sulfonamides is 1. The van der Waals surface area contributed by atoms with Crippen LogP contribution < -0.4 is 10.5 Å². The summed E-state index contributed by atoms with van der Waals surface area (Å²) in [5.74, 6) is 0. The predicted molar refractivity (Wildman–Crippen MR) is 67.3 cm³/mol. The number of benzene rings is 1. The highest BCUT2D eigenvalue weighted by Crippen LogP contribution is 2.09. The number of hydrogen-bond acceptors (Lipinski definition) is 5. The first kappa shape index (κ1) is 15.1. The van der Waals surface area contributed by atoms with E-state index in [9.17, 15) is 8.42 Å². The molecule has 3 N–H and O–H groups in total. The fourth-order valence-electron chi connectivity index (χ4n) is 1.43. The molecule has 0 saturated carbocycles. The Morgan fingerprint density at radius 2 is 2.00 bits per heavy atom. The molecule has 0 aliphatic carbocycles. The third-order valence-electron chi connectivity index (χ3n) is 2.39. The molecule has 1 rings (SSSR count). The van der Waals surface area contributed by atoms with Crippen LogP contribution in [0.3, 0.4) is 0 Å². The van der Waals surface area contributed by atoms with Gasteiger partial charge in [-0.15, -0.1) is 0 Å². The number of methoxy groups -OCH3 is 2. The Kier molecular flexibility index (Phi) is 5.70. The fraction of sp³-hybridized carbons (Fsp3) is 0.455. The lowest BCUT2D eigenvalue weighted by atomic mass is 10.2. The lowest BCUT2D eigenvalue weighted by Crippen LogP contribution is -2.29. The van der Waals surface area contributed by atoms with Crippen molar-refractivity contribution in [3.05, 3.63) is 29.8 Å². The zero-order chi connectivity index (χ0) is 13.6. The van der Waals surface area contributed by atoms with Crippen LogP contribution in [0.15, 0.2) is 29.2 Å². The Balaban J connectivity index is 2.58. The summed E-state index contributed by atoms with van der Waals surface area (Å²) in [7, 11) is -0.547. The third-order valence-corrected chi connectivity index (χ3v) is 3.30. The van der Waals surface area contributed by atoms with E-state index in [1.165, 1.54) is 12.1 Å². The van der Waals surface area contributed by atoms with Gasteiger partial charge in [-0.2, -0.15) is 0 Å². The maximum atomic E-state index is 11.2. The van der Waals surface area contributed by atoms with Crippen LogP contribution in [0.1, 0.15) is 5.56 Å². The molecule has 1 aromatic carbocycles. The van der Waals surface area contributed by atoms with Gasteiger partial charge in [0.2, 0.25) is 10.0 Å².